The van der Waals surface area contributed by atoms with Gasteiger partial charge < -0.3 is 9.47 Å². The Balaban J connectivity index is 2.81. The third-order valence-corrected chi connectivity index (χ3v) is 2.34. The highest BCUT2D eigenvalue weighted by molar-refractivity contribution is 5.99. The van der Waals surface area contributed by atoms with Crippen molar-refractivity contribution in [1.29, 1.82) is 0 Å². The van der Waals surface area contributed by atoms with Crippen LogP contribution in [0.4, 0.5) is 0 Å². The number of carbonyl (C=O) groups is 1. The molecule has 0 aliphatic carbocycles. The van der Waals surface area contributed by atoms with Crippen molar-refractivity contribution >= 4 is 5.78 Å². The fourth-order valence-electron chi connectivity index (χ4n) is 1.35. The van der Waals surface area contributed by atoms with Gasteiger partial charge in [0, 0.05) is 0 Å². The second-order valence-electron chi connectivity index (χ2n) is 2.84. The summed E-state index contributed by atoms with van der Waals surface area (Å²) < 4.78 is 10.3. The van der Waals surface area contributed by atoms with E-state index in [-0.39, 0.29) is 5.78 Å². The van der Waals surface area contributed by atoms with Crippen LogP contribution in [-0.4, -0.2) is 18.5 Å². The maximum Gasteiger partial charge on any atom is 0.283 e. The highest BCUT2D eigenvalue weighted by Crippen LogP contribution is 2.31. The maximum absolute atomic E-state index is 11.4. The second-order valence-corrected chi connectivity index (χ2v) is 2.84. The predicted octanol–water partition coefficient (Wildman–Crippen LogP) is 1.63. The molecule has 0 saturated heterocycles. The summed E-state index contributed by atoms with van der Waals surface area (Å²) in [5, 5.41) is 0. The zero-order chi connectivity index (χ0) is 9.19. The number of ketones is 1. The van der Waals surface area contributed by atoms with E-state index in [0.717, 1.165) is 0 Å². The molecule has 68 valence electrons. The topological polar surface area (TPSA) is 35.5 Å². The molecule has 0 aromatic rings. The van der Waals surface area contributed by atoms with E-state index < -0.39 is 5.60 Å². The molecule has 0 N–H and O–H groups in total. The minimum atomic E-state index is -0.647. The van der Waals surface area contributed by atoms with Crippen LogP contribution < -0.4 is 0 Å². The first-order chi connectivity index (χ1) is 5.68. The first-order valence-corrected chi connectivity index (χ1v) is 4.17. The Labute approximate surface area is 72.4 Å². The fourth-order valence-corrected chi connectivity index (χ4v) is 1.35. The first-order valence-electron chi connectivity index (χ1n) is 4.17. The van der Waals surface area contributed by atoms with Gasteiger partial charge in [-0.1, -0.05) is 13.8 Å². The predicted molar refractivity (Wildman–Crippen MR) is 44.5 cm³/mol. The molecule has 0 spiro atoms. The molecule has 0 fully saturated rings. The molecular formula is C9H14O3. The molecule has 1 aliphatic heterocycles. The van der Waals surface area contributed by atoms with Crippen molar-refractivity contribution in [3.63, 3.8) is 0 Å². The van der Waals surface area contributed by atoms with E-state index in [1.807, 2.05) is 13.8 Å². The van der Waals surface area contributed by atoms with Gasteiger partial charge in [-0.2, -0.15) is 0 Å². The van der Waals surface area contributed by atoms with Crippen molar-refractivity contribution in [3.8, 4) is 0 Å². The average molecular weight is 170 g/mol. The van der Waals surface area contributed by atoms with Gasteiger partial charge >= 0.3 is 0 Å². The molecule has 0 bridgehead atoms. The van der Waals surface area contributed by atoms with E-state index >= 15 is 0 Å². The molecule has 12 heavy (non-hydrogen) atoms. The molecule has 1 aliphatic rings. The number of methoxy groups -OCH3 is 1. The van der Waals surface area contributed by atoms with Crippen LogP contribution >= 0.6 is 0 Å². The van der Waals surface area contributed by atoms with E-state index in [9.17, 15) is 4.79 Å². The molecule has 0 saturated carbocycles. The molecule has 0 amide bonds. The Bertz CT molecular complexity index is 214. The van der Waals surface area contributed by atoms with Crippen molar-refractivity contribution in [2.75, 3.05) is 7.11 Å². The van der Waals surface area contributed by atoms with Crippen LogP contribution in [0.5, 0.6) is 0 Å². The zero-order valence-corrected chi connectivity index (χ0v) is 7.72. The van der Waals surface area contributed by atoms with Gasteiger partial charge in [0.15, 0.2) is 5.60 Å². The van der Waals surface area contributed by atoms with Gasteiger partial charge in [0.05, 0.1) is 13.2 Å². The molecule has 0 unspecified atom stereocenters. The molecular weight excluding hydrogens is 156 g/mol. The lowest BCUT2D eigenvalue weighted by Crippen LogP contribution is -2.34. The lowest BCUT2D eigenvalue weighted by atomic mass is 9.93. The largest absolute Gasteiger partial charge is 0.469 e. The number of rotatable bonds is 3. The Morgan fingerprint density at radius 2 is 2.08 bits per heavy atom. The monoisotopic (exact) mass is 170 g/mol. The van der Waals surface area contributed by atoms with Crippen LogP contribution in [0.1, 0.15) is 26.7 Å². The summed E-state index contributed by atoms with van der Waals surface area (Å²) in [7, 11) is 1.50. The standard InChI is InChI=1S/C9H14O3/c1-4-9(5-2)7(10)6-8(11-3)12-9/h6H,4-5H2,1-3H3. The second kappa shape index (κ2) is 3.17. The minimum Gasteiger partial charge on any atom is -0.469 e. The van der Waals surface area contributed by atoms with Gasteiger partial charge in [-0.05, 0) is 12.8 Å². The summed E-state index contributed by atoms with van der Waals surface area (Å²) in [4.78, 5) is 11.4. The molecule has 0 aromatic heterocycles. The lowest BCUT2D eigenvalue weighted by Gasteiger charge is -2.24. The summed E-state index contributed by atoms with van der Waals surface area (Å²) >= 11 is 0. The van der Waals surface area contributed by atoms with E-state index in [2.05, 4.69) is 0 Å². The molecule has 3 nitrogen and oxygen atoms in total. The van der Waals surface area contributed by atoms with Gasteiger partial charge in [0.1, 0.15) is 0 Å². The smallest absolute Gasteiger partial charge is 0.283 e. The fraction of sp³-hybridized carbons (Fsp3) is 0.667. The van der Waals surface area contributed by atoms with Gasteiger partial charge in [0.2, 0.25) is 5.78 Å². The van der Waals surface area contributed by atoms with Crippen molar-refractivity contribution < 1.29 is 14.3 Å². The van der Waals surface area contributed by atoms with Gasteiger partial charge in [0.25, 0.3) is 5.95 Å². The summed E-state index contributed by atoms with van der Waals surface area (Å²) in [6, 6.07) is 0. The van der Waals surface area contributed by atoms with Crippen LogP contribution in [0.3, 0.4) is 0 Å². The Hall–Kier alpha value is -0.990. The number of hydrogen-bond donors (Lipinski definition) is 0. The van der Waals surface area contributed by atoms with Crippen molar-refractivity contribution in [2.24, 2.45) is 0 Å². The third kappa shape index (κ3) is 1.19. The van der Waals surface area contributed by atoms with Crippen molar-refractivity contribution in [1.82, 2.24) is 0 Å². The SMILES string of the molecule is CCC1(CC)OC(OC)=CC1=O. The molecule has 3 heteroatoms. The maximum atomic E-state index is 11.4. The van der Waals surface area contributed by atoms with Gasteiger partial charge in [-0.3, -0.25) is 4.79 Å². The van der Waals surface area contributed by atoms with E-state index in [4.69, 9.17) is 9.47 Å². The highest BCUT2D eigenvalue weighted by atomic mass is 16.7. The summed E-state index contributed by atoms with van der Waals surface area (Å²) in [6.45, 7) is 3.88. The first kappa shape index (κ1) is 9.10. The third-order valence-electron chi connectivity index (χ3n) is 2.34. The van der Waals surface area contributed by atoms with E-state index in [0.29, 0.717) is 18.8 Å². The molecule has 1 heterocycles. The van der Waals surface area contributed by atoms with Crippen LogP contribution in [-0.2, 0) is 14.3 Å². The molecule has 1 rings (SSSR count). The Morgan fingerprint density at radius 1 is 1.50 bits per heavy atom. The highest BCUT2D eigenvalue weighted by Gasteiger charge is 2.42. The summed E-state index contributed by atoms with van der Waals surface area (Å²) in [5.74, 6) is 0.355. The average Bonchev–Trinajstić information content (AvgIpc) is 2.43. The molecule has 0 atom stereocenters. The quantitative estimate of drug-likeness (QED) is 0.645. The van der Waals surface area contributed by atoms with Crippen LogP contribution in [0.15, 0.2) is 12.0 Å². The normalized spacial score (nSPS) is 20.2. The van der Waals surface area contributed by atoms with Gasteiger partial charge in [-0.15, -0.1) is 0 Å². The summed E-state index contributed by atoms with van der Waals surface area (Å²) in [5.41, 5.74) is -0.647. The molecule has 0 radical (unpaired) electrons. The van der Waals surface area contributed by atoms with Gasteiger partial charge in [-0.25, -0.2) is 0 Å². The number of carbonyl (C=O) groups excluding carboxylic acids is 1. The minimum absolute atomic E-state index is 0.0179. The Morgan fingerprint density at radius 3 is 2.33 bits per heavy atom. The number of ether oxygens (including phenoxy) is 2. The van der Waals surface area contributed by atoms with E-state index in [1.54, 1.807) is 0 Å². The van der Waals surface area contributed by atoms with Crippen LogP contribution in [0, 0.1) is 0 Å². The Kier molecular flexibility index (Phi) is 2.40. The van der Waals surface area contributed by atoms with Crippen LogP contribution in [0.2, 0.25) is 0 Å². The zero-order valence-electron chi connectivity index (χ0n) is 7.72. The van der Waals surface area contributed by atoms with E-state index in [1.165, 1.54) is 13.2 Å². The van der Waals surface area contributed by atoms with Crippen LogP contribution in [0.25, 0.3) is 0 Å². The molecule has 0 aromatic carbocycles. The number of hydrogen-bond acceptors (Lipinski definition) is 3. The lowest BCUT2D eigenvalue weighted by molar-refractivity contribution is -0.134. The van der Waals surface area contributed by atoms with Crippen molar-refractivity contribution in [2.45, 2.75) is 32.3 Å². The van der Waals surface area contributed by atoms with Crippen molar-refractivity contribution in [3.05, 3.63) is 12.0 Å². The summed E-state index contributed by atoms with van der Waals surface area (Å²) in [6.07, 6.45) is 2.80.